The Labute approximate surface area is 186 Å². The van der Waals surface area contributed by atoms with Crippen molar-refractivity contribution in [3.05, 3.63) is 106 Å². The van der Waals surface area contributed by atoms with Crippen LogP contribution in [0.4, 0.5) is 5.69 Å². The van der Waals surface area contributed by atoms with Gasteiger partial charge in [-0.2, -0.15) is 0 Å². The molecule has 0 aliphatic heterocycles. The number of aromatic carboxylic acids is 1. The van der Waals surface area contributed by atoms with E-state index in [1.807, 2.05) is 61.5 Å². The molecule has 0 saturated heterocycles. The fourth-order valence-electron chi connectivity index (χ4n) is 3.55. The summed E-state index contributed by atoms with van der Waals surface area (Å²) in [5, 5.41) is 15.6. The fourth-order valence-corrected chi connectivity index (χ4v) is 3.76. The summed E-state index contributed by atoms with van der Waals surface area (Å²) in [6.07, 6.45) is 0. The normalized spacial score (nSPS) is 10.8. The van der Waals surface area contributed by atoms with E-state index in [2.05, 4.69) is 17.4 Å². The number of nitrogens with one attached hydrogen (secondary N) is 1. The molecule has 0 saturated carbocycles. The van der Waals surface area contributed by atoms with Crippen molar-refractivity contribution >= 4 is 34.0 Å². The number of rotatable bonds is 7. The Morgan fingerprint density at radius 3 is 2.65 bits per heavy atom. The Morgan fingerprint density at radius 2 is 1.84 bits per heavy atom. The first kappa shape index (κ1) is 20.8. The van der Waals surface area contributed by atoms with Crippen molar-refractivity contribution in [3.63, 3.8) is 0 Å². The first-order valence-corrected chi connectivity index (χ1v) is 10.3. The molecule has 156 valence electrons. The molecule has 0 unspecified atom stereocenters. The number of fused-ring (bicyclic) bond motifs is 1. The molecule has 2 N–H and O–H groups in total. The second-order valence-corrected chi connectivity index (χ2v) is 7.81. The molecule has 5 heteroatoms. The van der Waals surface area contributed by atoms with Crippen LogP contribution in [0.1, 0.15) is 27.0 Å². The average Bonchev–Trinajstić information content (AvgIpc) is 2.77. The number of benzene rings is 4. The van der Waals surface area contributed by atoms with Gasteiger partial charge in [-0.3, -0.25) is 0 Å². The van der Waals surface area contributed by atoms with Crippen molar-refractivity contribution in [3.8, 4) is 5.75 Å². The molecule has 4 rings (SSSR count). The molecule has 4 aromatic carbocycles. The highest BCUT2D eigenvalue weighted by atomic mass is 35.5. The molecule has 0 heterocycles. The van der Waals surface area contributed by atoms with Gasteiger partial charge in [-0.15, -0.1) is 0 Å². The highest BCUT2D eigenvalue weighted by molar-refractivity contribution is 6.30. The summed E-state index contributed by atoms with van der Waals surface area (Å²) in [5.41, 5.74) is 4.02. The first-order valence-electron chi connectivity index (χ1n) is 9.97. The molecule has 0 bridgehead atoms. The van der Waals surface area contributed by atoms with E-state index in [0.29, 0.717) is 18.2 Å². The van der Waals surface area contributed by atoms with Crippen LogP contribution in [-0.4, -0.2) is 11.1 Å². The van der Waals surface area contributed by atoms with Crippen LogP contribution in [0.15, 0.2) is 78.9 Å². The molecule has 0 aliphatic rings. The maximum absolute atomic E-state index is 11.4. The molecule has 0 radical (unpaired) electrons. The number of anilines is 1. The SMILES string of the molecule is Cc1ccc(C(=O)O)cc1NCc1c(OCc2cccc(Cl)c2)ccc2ccccc12. The summed E-state index contributed by atoms with van der Waals surface area (Å²) in [7, 11) is 0. The minimum absolute atomic E-state index is 0.253. The zero-order valence-corrected chi connectivity index (χ0v) is 17.8. The standard InChI is InChI=1S/C26H22ClNO3/c1-17-9-10-20(26(29)30)14-24(17)28-15-23-22-8-3-2-6-19(22)11-12-25(23)31-16-18-5-4-7-21(27)13-18/h2-14,28H,15-16H2,1H3,(H,29,30). The Kier molecular flexibility index (Phi) is 6.10. The molecule has 0 aromatic heterocycles. The zero-order chi connectivity index (χ0) is 21.8. The van der Waals surface area contributed by atoms with E-state index in [9.17, 15) is 9.90 Å². The smallest absolute Gasteiger partial charge is 0.335 e. The highest BCUT2D eigenvalue weighted by Crippen LogP contribution is 2.30. The van der Waals surface area contributed by atoms with Crippen LogP contribution in [0.2, 0.25) is 5.02 Å². The molecular formula is C26H22ClNO3. The highest BCUT2D eigenvalue weighted by Gasteiger charge is 2.12. The topological polar surface area (TPSA) is 58.6 Å². The third kappa shape index (κ3) is 4.81. The monoisotopic (exact) mass is 431 g/mol. The third-order valence-corrected chi connectivity index (χ3v) is 5.46. The van der Waals surface area contributed by atoms with Crippen LogP contribution in [-0.2, 0) is 13.2 Å². The molecule has 4 aromatic rings. The van der Waals surface area contributed by atoms with Gasteiger partial charge in [0, 0.05) is 22.8 Å². The number of hydrogen-bond acceptors (Lipinski definition) is 3. The maximum atomic E-state index is 11.4. The van der Waals surface area contributed by atoms with Crippen molar-refractivity contribution in [2.75, 3.05) is 5.32 Å². The number of ether oxygens (including phenoxy) is 1. The van der Waals surface area contributed by atoms with E-state index < -0.39 is 5.97 Å². The van der Waals surface area contributed by atoms with Gasteiger partial charge in [0.2, 0.25) is 0 Å². The Morgan fingerprint density at radius 1 is 1.00 bits per heavy atom. The van der Waals surface area contributed by atoms with Crippen LogP contribution in [0.3, 0.4) is 0 Å². The minimum atomic E-state index is -0.946. The maximum Gasteiger partial charge on any atom is 0.335 e. The predicted molar refractivity (Wildman–Crippen MR) is 125 cm³/mol. The van der Waals surface area contributed by atoms with Crippen molar-refractivity contribution in [2.24, 2.45) is 0 Å². The van der Waals surface area contributed by atoms with Gasteiger partial charge in [0.05, 0.1) is 5.56 Å². The molecule has 0 fully saturated rings. The van der Waals surface area contributed by atoms with Gasteiger partial charge in [-0.1, -0.05) is 60.1 Å². The number of carbonyl (C=O) groups is 1. The fraction of sp³-hybridized carbons (Fsp3) is 0.115. The Hall–Kier alpha value is -3.50. The van der Waals surface area contributed by atoms with Gasteiger partial charge in [-0.25, -0.2) is 4.79 Å². The second kappa shape index (κ2) is 9.11. The van der Waals surface area contributed by atoms with Crippen molar-refractivity contribution in [1.29, 1.82) is 0 Å². The van der Waals surface area contributed by atoms with Gasteiger partial charge < -0.3 is 15.2 Å². The van der Waals surface area contributed by atoms with Crippen molar-refractivity contribution < 1.29 is 14.6 Å². The molecular weight excluding hydrogens is 410 g/mol. The van der Waals surface area contributed by atoms with Crippen molar-refractivity contribution in [2.45, 2.75) is 20.1 Å². The summed E-state index contributed by atoms with van der Waals surface area (Å²) < 4.78 is 6.17. The van der Waals surface area contributed by atoms with E-state index in [1.165, 1.54) is 0 Å². The number of aryl methyl sites for hydroxylation is 1. The quantitative estimate of drug-likeness (QED) is 0.342. The molecule has 0 spiro atoms. The first-order chi connectivity index (χ1) is 15.0. The average molecular weight is 432 g/mol. The minimum Gasteiger partial charge on any atom is -0.489 e. The Bertz CT molecular complexity index is 1250. The third-order valence-electron chi connectivity index (χ3n) is 5.22. The summed E-state index contributed by atoms with van der Waals surface area (Å²) in [4.78, 5) is 11.4. The predicted octanol–water partition coefficient (Wildman–Crippen LogP) is 6.69. The molecule has 0 atom stereocenters. The second-order valence-electron chi connectivity index (χ2n) is 7.37. The lowest BCUT2D eigenvalue weighted by Crippen LogP contribution is -2.07. The van der Waals surface area contributed by atoms with Crippen LogP contribution >= 0.6 is 11.6 Å². The lowest BCUT2D eigenvalue weighted by atomic mass is 10.0. The van der Waals surface area contributed by atoms with Crippen molar-refractivity contribution in [1.82, 2.24) is 0 Å². The van der Waals surface area contributed by atoms with Crippen LogP contribution in [0.5, 0.6) is 5.75 Å². The summed E-state index contributed by atoms with van der Waals surface area (Å²) in [5.74, 6) is -0.169. The molecule has 0 aliphatic carbocycles. The number of hydrogen-bond donors (Lipinski definition) is 2. The van der Waals surface area contributed by atoms with Gasteiger partial charge in [0.25, 0.3) is 0 Å². The van der Waals surface area contributed by atoms with Gasteiger partial charge in [0.15, 0.2) is 0 Å². The van der Waals surface area contributed by atoms with Crippen LogP contribution in [0.25, 0.3) is 10.8 Å². The van der Waals surface area contributed by atoms with E-state index >= 15 is 0 Å². The van der Waals surface area contributed by atoms with Gasteiger partial charge in [-0.05, 0) is 59.2 Å². The zero-order valence-electron chi connectivity index (χ0n) is 17.1. The van der Waals surface area contributed by atoms with Gasteiger partial charge in [0.1, 0.15) is 12.4 Å². The summed E-state index contributed by atoms with van der Waals surface area (Å²) >= 11 is 6.10. The summed E-state index contributed by atoms with van der Waals surface area (Å²) in [6, 6.07) is 24.9. The van der Waals surface area contributed by atoms with E-state index in [-0.39, 0.29) is 5.56 Å². The van der Waals surface area contributed by atoms with E-state index in [1.54, 1.807) is 12.1 Å². The number of carboxylic acid groups (broad SMARTS) is 1. The number of halogens is 1. The van der Waals surface area contributed by atoms with Crippen LogP contribution in [0, 0.1) is 6.92 Å². The number of carboxylic acids is 1. The Balaban J connectivity index is 1.64. The largest absolute Gasteiger partial charge is 0.489 e. The molecule has 0 amide bonds. The van der Waals surface area contributed by atoms with Crippen LogP contribution < -0.4 is 10.1 Å². The lowest BCUT2D eigenvalue weighted by Gasteiger charge is -2.17. The van der Waals surface area contributed by atoms with E-state index in [4.69, 9.17) is 16.3 Å². The lowest BCUT2D eigenvalue weighted by molar-refractivity contribution is 0.0697. The van der Waals surface area contributed by atoms with E-state index in [0.717, 1.165) is 38.9 Å². The summed E-state index contributed by atoms with van der Waals surface area (Å²) in [6.45, 7) is 2.85. The molecule has 31 heavy (non-hydrogen) atoms. The van der Waals surface area contributed by atoms with Gasteiger partial charge >= 0.3 is 5.97 Å². The molecule has 4 nitrogen and oxygen atoms in total.